The van der Waals surface area contributed by atoms with E-state index in [0.717, 1.165) is 0 Å². The molecule has 0 unspecified atom stereocenters. The van der Waals surface area contributed by atoms with Gasteiger partial charge in [0, 0.05) is 28.4 Å². The summed E-state index contributed by atoms with van der Waals surface area (Å²) in [6.07, 6.45) is 1.36. The van der Waals surface area contributed by atoms with Crippen LogP contribution in [0.5, 0.6) is 5.75 Å². The van der Waals surface area contributed by atoms with Gasteiger partial charge in [-0.1, -0.05) is 23.2 Å². The van der Waals surface area contributed by atoms with Crippen molar-refractivity contribution in [2.75, 3.05) is 18.9 Å². The quantitative estimate of drug-likeness (QED) is 0.505. The smallest absolute Gasteiger partial charge is 0.355 e. The molecule has 0 fully saturated rings. The summed E-state index contributed by atoms with van der Waals surface area (Å²) < 4.78 is 31.9. The van der Waals surface area contributed by atoms with Crippen molar-refractivity contribution in [2.24, 2.45) is 0 Å². The van der Waals surface area contributed by atoms with Crippen molar-refractivity contribution >= 4 is 50.5 Å². The zero-order valence-corrected chi connectivity index (χ0v) is 17.3. The van der Waals surface area contributed by atoms with E-state index in [1.807, 2.05) is 0 Å². The van der Waals surface area contributed by atoms with E-state index < -0.39 is 16.0 Å². The van der Waals surface area contributed by atoms with Crippen LogP contribution in [0.4, 0.5) is 0 Å². The molecule has 0 radical (unpaired) electrons. The number of nitrogens with one attached hydrogen (secondary N) is 1. The van der Waals surface area contributed by atoms with Gasteiger partial charge in [-0.05, 0) is 31.0 Å². The number of carboxylic acids is 1. The first-order chi connectivity index (χ1) is 12.7. The molecule has 0 aliphatic heterocycles. The SMILES string of the molecule is O=C(O)c1csc(CCCNS(=O)(=O)CCCOc2cc(Cl)cc(Cl)c2)n1. The summed E-state index contributed by atoms with van der Waals surface area (Å²) in [6, 6.07) is 4.79. The van der Waals surface area contributed by atoms with E-state index in [1.54, 1.807) is 18.2 Å². The van der Waals surface area contributed by atoms with Gasteiger partial charge in [0.1, 0.15) is 5.75 Å². The predicted octanol–water partition coefficient (Wildman–Crippen LogP) is 3.47. The first-order valence-electron chi connectivity index (χ1n) is 7.99. The summed E-state index contributed by atoms with van der Waals surface area (Å²) in [5.74, 6) is -0.649. The Labute approximate surface area is 171 Å². The zero-order valence-electron chi connectivity index (χ0n) is 14.2. The number of hydrogen-bond donors (Lipinski definition) is 2. The third-order valence-corrected chi connectivity index (χ3v) is 6.14. The van der Waals surface area contributed by atoms with Gasteiger partial charge >= 0.3 is 5.97 Å². The highest BCUT2D eigenvalue weighted by Gasteiger charge is 2.11. The van der Waals surface area contributed by atoms with Gasteiger partial charge in [-0.3, -0.25) is 0 Å². The molecule has 0 amide bonds. The third-order valence-electron chi connectivity index (χ3n) is 3.32. The molecule has 2 N–H and O–H groups in total. The first-order valence-corrected chi connectivity index (χ1v) is 11.3. The van der Waals surface area contributed by atoms with E-state index >= 15 is 0 Å². The second-order valence-electron chi connectivity index (χ2n) is 5.56. The van der Waals surface area contributed by atoms with Crippen LogP contribution in [0.3, 0.4) is 0 Å². The number of carbonyl (C=O) groups is 1. The van der Waals surface area contributed by atoms with Gasteiger partial charge in [0.25, 0.3) is 0 Å². The number of thiazole rings is 1. The lowest BCUT2D eigenvalue weighted by Crippen LogP contribution is -2.28. The standard InChI is InChI=1S/C16H18Cl2N2O5S2/c17-11-7-12(18)9-13(8-11)25-5-2-6-27(23,24)19-4-1-3-15-20-14(10-26-15)16(21)22/h7-10,19H,1-6H2,(H,21,22). The molecular formula is C16H18Cl2N2O5S2. The van der Waals surface area contributed by atoms with Crippen LogP contribution in [0.2, 0.25) is 10.0 Å². The Bertz CT molecular complexity index is 866. The number of carboxylic acid groups (broad SMARTS) is 1. The van der Waals surface area contributed by atoms with Crippen molar-refractivity contribution < 1.29 is 23.1 Å². The summed E-state index contributed by atoms with van der Waals surface area (Å²) >= 11 is 13.0. The number of ether oxygens (including phenoxy) is 1. The van der Waals surface area contributed by atoms with Gasteiger partial charge in [-0.25, -0.2) is 22.9 Å². The minimum atomic E-state index is -3.41. The molecule has 0 atom stereocenters. The van der Waals surface area contributed by atoms with Crippen molar-refractivity contribution in [3.05, 3.63) is 44.3 Å². The number of aryl methyl sites for hydroxylation is 1. The molecule has 1 aromatic carbocycles. The number of rotatable bonds is 11. The Balaban J connectivity index is 1.65. The third kappa shape index (κ3) is 8.02. The Morgan fingerprint density at radius 2 is 1.93 bits per heavy atom. The number of hydrogen-bond acceptors (Lipinski definition) is 6. The van der Waals surface area contributed by atoms with E-state index in [1.165, 1.54) is 16.7 Å². The van der Waals surface area contributed by atoms with Gasteiger partial charge in [0.15, 0.2) is 5.69 Å². The molecule has 0 spiro atoms. The molecule has 0 saturated heterocycles. The Morgan fingerprint density at radius 3 is 2.56 bits per heavy atom. The van der Waals surface area contributed by atoms with Gasteiger partial charge < -0.3 is 9.84 Å². The van der Waals surface area contributed by atoms with Crippen LogP contribution in [0.25, 0.3) is 0 Å². The molecule has 11 heteroatoms. The highest BCUT2D eigenvalue weighted by atomic mass is 35.5. The second kappa shape index (κ2) is 10.2. The summed E-state index contributed by atoms with van der Waals surface area (Å²) in [7, 11) is -3.41. The van der Waals surface area contributed by atoms with Gasteiger partial charge in [0.2, 0.25) is 10.0 Å². The van der Waals surface area contributed by atoms with Gasteiger partial charge in [-0.2, -0.15) is 0 Å². The van der Waals surface area contributed by atoms with Crippen LogP contribution in [0.15, 0.2) is 23.6 Å². The van der Waals surface area contributed by atoms with Crippen LogP contribution in [0, 0.1) is 0 Å². The molecular weight excluding hydrogens is 435 g/mol. The number of benzene rings is 1. The van der Waals surface area contributed by atoms with Crippen molar-refractivity contribution in [2.45, 2.75) is 19.3 Å². The average Bonchev–Trinajstić information content (AvgIpc) is 3.04. The molecule has 0 saturated carbocycles. The van der Waals surface area contributed by atoms with Crippen LogP contribution < -0.4 is 9.46 Å². The lowest BCUT2D eigenvalue weighted by Gasteiger charge is -2.08. The van der Waals surface area contributed by atoms with Crippen molar-refractivity contribution in [1.29, 1.82) is 0 Å². The van der Waals surface area contributed by atoms with E-state index in [-0.39, 0.29) is 24.6 Å². The molecule has 0 aliphatic carbocycles. The minimum absolute atomic E-state index is 0.0107. The lowest BCUT2D eigenvalue weighted by molar-refractivity contribution is 0.0691. The molecule has 2 aromatic rings. The second-order valence-corrected chi connectivity index (χ2v) is 9.30. The maximum atomic E-state index is 12.0. The maximum absolute atomic E-state index is 12.0. The van der Waals surface area contributed by atoms with Gasteiger partial charge in [0.05, 0.1) is 17.4 Å². The molecule has 148 valence electrons. The predicted molar refractivity (Wildman–Crippen MR) is 106 cm³/mol. The van der Waals surface area contributed by atoms with Gasteiger partial charge in [-0.15, -0.1) is 11.3 Å². The molecule has 7 nitrogen and oxygen atoms in total. The maximum Gasteiger partial charge on any atom is 0.355 e. The van der Waals surface area contributed by atoms with Crippen LogP contribution in [-0.2, 0) is 16.4 Å². The number of aromatic nitrogens is 1. The van der Waals surface area contributed by atoms with E-state index in [9.17, 15) is 13.2 Å². The first kappa shape index (κ1) is 21.9. The molecule has 1 heterocycles. The largest absolute Gasteiger partial charge is 0.493 e. The molecule has 0 aliphatic rings. The summed E-state index contributed by atoms with van der Waals surface area (Å²) in [6.45, 7) is 0.476. The van der Waals surface area contributed by atoms with Crippen LogP contribution in [0.1, 0.15) is 28.3 Å². The van der Waals surface area contributed by atoms with Crippen molar-refractivity contribution in [1.82, 2.24) is 9.71 Å². The fourth-order valence-corrected chi connectivity index (χ4v) is 4.53. The number of nitrogens with zero attached hydrogens (tertiary/aromatic N) is 1. The fourth-order valence-electron chi connectivity index (χ4n) is 2.11. The van der Waals surface area contributed by atoms with Crippen LogP contribution >= 0.6 is 34.5 Å². The summed E-state index contributed by atoms with van der Waals surface area (Å²) in [5.41, 5.74) is 0.0107. The normalized spacial score (nSPS) is 11.5. The lowest BCUT2D eigenvalue weighted by atomic mass is 10.3. The molecule has 27 heavy (non-hydrogen) atoms. The van der Waals surface area contributed by atoms with E-state index in [2.05, 4.69) is 9.71 Å². The number of sulfonamides is 1. The molecule has 0 bridgehead atoms. The Morgan fingerprint density at radius 1 is 1.22 bits per heavy atom. The highest BCUT2D eigenvalue weighted by molar-refractivity contribution is 7.89. The number of aromatic carboxylic acids is 1. The monoisotopic (exact) mass is 452 g/mol. The zero-order chi connectivity index (χ0) is 19.9. The average molecular weight is 453 g/mol. The van der Waals surface area contributed by atoms with Crippen molar-refractivity contribution in [3.8, 4) is 5.75 Å². The molecule has 1 aromatic heterocycles. The Kier molecular flexibility index (Phi) is 8.30. The van der Waals surface area contributed by atoms with E-state index in [0.29, 0.717) is 40.1 Å². The Hall–Kier alpha value is -1.39. The minimum Gasteiger partial charge on any atom is -0.493 e. The fraction of sp³-hybridized carbons (Fsp3) is 0.375. The van der Waals surface area contributed by atoms with Crippen molar-refractivity contribution in [3.63, 3.8) is 0 Å². The topological polar surface area (TPSA) is 106 Å². The summed E-state index contributed by atoms with van der Waals surface area (Å²) in [5, 5.41) is 11.8. The number of halogens is 2. The van der Waals surface area contributed by atoms with Crippen LogP contribution in [-0.4, -0.2) is 43.4 Å². The van der Waals surface area contributed by atoms with E-state index in [4.69, 9.17) is 33.0 Å². The highest BCUT2D eigenvalue weighted by Crippen LogP contribution is 2.24. The summed E-state index contributed by atoms with van der Waals surface area (Å²) in [4.78, 5) is 14.7. The molecule has 2 rings (SSSR count).